The molecule has 0 atom stereocenters. The van der Waals surface area contributed by atoms with Crippen LogP contribution < -0.4 is 4.74 Å². The van der Waals surface area contributed by atoms with E-state index in [4.69, 9.17) is 27.9 Å². The maximum atomic E-state index is 6.23. The fourth-order valence-electron chi connectivity index (χ4n) is 2.38. The first-order valence-electron chi connectivity index (χ1n) is 7.16. The van der Waals surface area contributed by atoms with Crippen molar-refractivity contribution in [3.63, 3.8) is 0 Å². The average Bonchev–Trinajstić information content (AvgIpc) is 2.57. The van der Waals surface area contributed by atoms with Crippen LogP contribution in [0.2, 0.25) is 0 Å². The summed E-state index contributed by atoms with van der Waals surface area (Å²) in [4.78, 5) is 0. The third kappa shape index (κ3) is 4.39. The van der Waals surface area contributed by atoms with Crippen LogP contribution in [-0.2, 0) is 5.41 Å². The Bertz CT molecular complexity index is 509. The molecule has 0 N–H and O–H groups in total. The minimum atomic E-state index is -0.176. The van der Waals surface area contributed by atoms with Gasteiger partial charge in [-0.3, -0.25) is 0 Å². The van der Waals surface area contributed by atoms with Gasteiger partial charge in [0.05, 0.1) is 6.61 Å². The second-order valence-electron chi connectivity index (χ2n) is 5.18. The van der Waals surface area contributed by atoms with Gasteiger partial charge in [0.1, 0.15) is 5.75 Å². The molecule has 0 radical (unpaired) electrons. The van der Waals surface area contributed by atoms with Crippen molar-refractivity contribution in [3.05, 3.63) is 66.2 Å². The molecule has 2 aromatic carbocycles. The summed E-state index contributed by atoms with van der Waals surface area (Å²) in [6.07, 6.45) is 1.83. The molecule has 1 nitrogen and oxygen atoms in total. The normalized spacial score (nSPS) is 11.3. The number of alkyl halides is 2. The van der Waals surface area contributed by atoms with Crippen LogP contribution in [-0.4, -0.2) is 18.4 Å². The third-order valence-electron chi connectivity index (χ3n) is 3.71. The first-order valence-corrected chi connectivity index (χ1v) is 8.23. The van der Waals surface area contributed by atoms with Crippen LogP contribution in [0.25, 0.3) is 0 Å². The van der Waals surface area contributed by atoms with Crippen molar-refractivity contribution in [1.82, 2.24) is 0 Å². The van der Waals surface area contributed by atoms with E-state index >= 15 is 0 Å². The Morgan fingerprint density at radius 3 is 1.95 bits per heavy atom. The van der Waals surface area contributed by atoms with Crippen molar-refractivity contribution >= 4 is 23.2 Å². The van der Waals surface area contributed by atoms with Crippen molar-refractivity contribution in [2.75, 3.05) is 18.4 Å². The van der Waals surface area contributed by atoms with E-state index in [0.29, 0.717) is 18.4 Å². The van der Waals surface area contributed by atoms with Crippen LogP contribution >= 0.6 is 23.2 Å². The molecule has 3 heteroatoms. The highest BCUT2D eigenvalue weighted by Crippen LogP contribution is 2.32. The van der Waals surface area contributed by atoms with Gasteiger partial charge in [-0.1, -0.05) is 48.5 Å². The largest absolute Gasteiger partial charge is 0.494 e. The number of halogens is 2. The quantitative estimate of drug-likeness (QED) is 0.475. The number of para-hydroxylation sites is 1. The lowest BCUT2D eigenvalue weighted by molar-refractivity contribution is 0.290. The van der Waals surface area contributed by atoms with Crippen molar-refractivity contribution in [3.8, 4) is 5.75 Å². The van der Waals surface area contributed by atoms with E-state index in [2.05, 4.69) is 12.1 Å². The zero-order valence-corrected chi connectivity index (χ0v) is 13.5. The Hall–Kier alpha value is -1.18. The van der Waals surface area contributed by atoms with E-state index in [1.165, 1.54) is 5.56 Å². The Balaban J connectivity index is 1.92. The molecule has 112 valence electrons. The van der Waals surface area contributed by atoms with Gasteiger partial charge in [0.15, 0.2) is 0 Å². The van der Waals surface area contributed by atoms with Crippen LogP contribution in [0, 0.1) is 0 Å². The van der Waals surface area contributed by atoms with Crippen LogP contribution in [0.5, 0.6) is 5.75 Å². The van der Waals surface area contributed by atoms with Gasteiger partial charge in [-0.25, -0.2) is 0 Å². The molecular weight excluding hydrogens is 303 g/mol. The molecule has 0 aliphatic rings. The predicted octanol–water partition coefficient (Wildman–Crippen LogP) is 5.26. The molecule has 0 aromatic heterocycles. The van der Waals surface area contributed by atoms with Crippen molar-refractivity contribution in [2.24, 2.45) is 0 Å². The number of hydrogen-bond donors (Lipinski definition) is 0. The summed E-state index contributed by atoms with van der Waals surface area (Å²) in [5, 5.41) is 0. The molecule has 2 rings (SSSR count). The lowest BCUT2D eigenvalue weighted by Gasteiger charge is -2.30. The standard InChI is InChI=1S/C18H20Cl2O/c19-14-18(15-20,16-8-3-1-4-9-16)12-7-13-21-17-10-5-2-6-11-17/h1-6,8-11H,7,12-15H2. The SMILES string of the molecule is ClCC(CCl)(CCCOc1ccccc1)c1ccccc1. The van der Waals surface area contributed by atoms with Crippen molar-refractivity contribution < 1.29 is 4.74 Å². The second-order valence-corrected chi connectivity index (χ2v) is 5.71. The number of ether oxygens (including phenoxy) is 1. The summed E-state index contributed by atoms with van der Waals surface area (Å²) in [7, 11) is 0. The highest BCUT2D eigenvalue weighted by atomic mass is 35.5. The highest BCUT2D eigenvalue weighted by molar-refractivity contribution is 6.22. The zero-order valence-electron chi connectivity index (χ0n) is 12.0. The monoisotopic (exact) mass is 322 g/mol. The minimum Gasteiger partial charge on any atom is -0.494 e. The topological polar surface area (TPSA) is 9.23 Å². The molecule has 0 amide bonds. The van der Waals surface area contributed by atoms with Crippen LogP contribution in [0.1, 0.15) is 18.4 Å². The van der Waals surface area contributed by atoms with E-state index in [1.54, 1.807) is 0 Å². The van der Waals surface area contributed by atoms with Gasteiger partial charge >= 0.3 is 0 Å². The van der Waals surface area contributed by atoms with Crippen LogP contribution in [0.3, 0.4) is 0 Å². The van der Waals surface area contributed by atoms with Crippen molar-refractivity contribution in [2.45, 2.75) is 18.3 Å². The van der Waals surface area contributed by atoms with Gasteiger partial charge in [0, 0.05) is 17.2 Å². The summed E-state index contributed by atoms with van der Waals surface area (Å²) >= 11 is 12.5. The van der Waals surface area contributed by atoms with Gasteiger partial charge in [-0.2, -0.15) is 0 Å². The maximum absolute atomic E-state index is 6.23. The predicted molar refractivity (Wildman–Crippen MR) is 90.7 cm³/mol. The molecule has 0 heterocycles. The Morgan fingerprint density at radius 2 is 1.38 bits per heavy atom. The molecule has 0 aliphatic carbocycles. The third-order valence-corrected chi connectivity index (χ3v) is 4.73. The minimum absolute atomic E-state index is 0.176. The molecule has 0 saturated heterocycles. The van der Waals surface area contributed by atoms with Gasteiger partial charge < -0.3 is 4.74 Å². The molecule has 21 heavy (non-hydrogen) atoms. The van der Waals surface area contributed by atoms with Crippen LogP contribution in [0.15, 0.2) is 60.7 Å². The lowest BCUT2D eigenvalue weighted by Crippen LogP contribution is -2.31. The number of hydrogen-bond acceptors (Lipinski definition) is 1. The second kappa shape index (κ2) is 8.31. The molecule has 2 aromatic rings. The summed E-state index contributed by atoms with van der Waals surface area (Å²) in [6, 6.07) is 20.1. The molecule has 0 spiro atoms. The Morgan fingerprint density at radius 1 is 0.810 bits per heavy atom. The van der Waals surface area contributed by atoms with Gasteiger partial charge in [0.2, 0.25) is 0 Å². The molecule has 0 fully saturated rings. The Kier molecular flexibility index (Phi) is 6.41. The van der Waals surface area contributed by atoms with E-state index < -0.39 is 0 Å². The molecule has 0 aliphatic heterocycles. The number of rotatable bonds is 8. The smallest absolute Gasteiger partial charge is 0.119 e. The number of benzene rings is 2. The summed E-state index contributed by atoms with van der Waals surface area (Å²) < 4.78 is 5.74. The average molecular weight is 323 g/mol. The Labute approximate surface area is 136 Å². The first kappa shape index (κ1) is 16.2. The van der Waals surface area contributed by atoms with E-state index in [0.717, 1.165) is 18.6 Å². The van der Waals surface area contributed by atoms with E-state index in [9.17, 15) is 0 Å². The lowest BCUT2D eigenvalue weighted by atomic mass is 9.80. The van der Waals surface area contributed by atoms with E-state index in [-0.39, 0.29) is 5.41 Å². The summed E-state index contributed by atoms with van der Waals surface area (Å²) in [5.41, 5.74) is 1.03. The highest BCUT2D eigenvalue weighted by Gasteiger charge is 2.29. The fraction of sp³-hybridized carbons (Fsp3) is 0.333. The molecule has 0 saturated carbocycles. The summed E-state index contributed by atoms with van der Waals surface area (Å²) in [5.74, 6) is 1.94. The first-order chi connectivity index (χ1) is 10.3. The van der Waals surface area contributed by atoms with Gasteiger partial charge in [-0.15, -0.1) is 23.2 Å². The molecular formula is C18H20Cl2O. The van der Waals surface area contributed by atoms with Crippen molar-refractivity contribution in [1.29, 1.82) is 0 Å². The molecule has 0 bridgehead atoms. The van der Waals surface area contributed by atoms with Gasteiger partial charge in [0.25, 0.3) is 0 Å². The summed E-state index contributed by atoms with van der Waals surface area (Å²) in [6.45, 7) is 0.673. The van der Waals surface area contributed by atoms with Gasteiger partial charge in [-0.05, 0) is 30.5 Å². The van der Waals surface area contributed by atoms with E-state index in [1.807, 2.05) is 48.5 Å². The van der Waals surface area contributed by atoms with Crippen LogP contribution in [0.4, 0.5) is 0 Å². The molecule has 0 unspecified atom stereocenters. The maximum Gasteiger partial charge on any atom is 0.119 e. The fourth-order valence-corrected chi connectivity index (χ4v) is 3.24. The zero-order chi connectivity index (χ0) is 15.0.